The van der Waals surface area contributed by atoms with Crippen molar-refractivity contribution in [2.45, 2.75) is 31.9 Å². The highest BCUT2D eigenvalue weighted by Crippen LogP contribution is 2.41. The van der Waals surface area contributed by atoms with E-state index in [4.69, 9.17) is 5.73 Å². The molecule has 0 unspecified atom stereocenters. The van der Waals surface area contributed by atoms with Crippen LogP contribution in [0.4, 0.5) is 4.39 Å². The van der Waals surface area contributed by atoms with Gasteiger partial charge in [0.15, 0.2) is 0 Å². The number of nitrogens with two attached hydrogens (primary N) is 1. The van der Waals surface area contributed by atoms with Crippen LogP contribution in [0.15, 0.2) is 78.0 Å². The van der Waals surface area contributed by atoms with Gasteiger partial charge in [-0.3, -0.25) is 14.0 Å². The fraction of sp³-hybridized carbons (Fsp3) is 0.188. The van der Waals surface area contributed by atoms with Gasteiger partial charge in [-0.15, -0.1) is 0 Å². The lowest BCUT2D eigenvalue weighted by atomic mass is 9.94. The average Bonchev–Trinajstić information content (AvgIpc) is 3.57. The molecule has 0 saturated heterocycles. The summed E-state index contributed by atoms with van der Waals surface area (Å²) < 4.78 is 18.4. The minimum atomic E-state index is -0.505. The Balaban J connectivity index is 1.42. The Morgan fingerprint density at radius 2 is 1.98 bits per heavy atom. The molecule has 0 spiro atoms. The Morgan fingerprint density at radius 1 is 1.12 bits per heavy atom. The van der Waals surface area contributed by atoms with E-state index in [-0.39, 0.29) is 12.0 Å². The maximum Gasteiger partial charge on any atom is 0.265 e. The molecule has 40 heavy (non-hydrogen) atoms. The summed E-state index contributed by atoms with van der Waals surface area (Å²) in [6, 6.07) is 16.8. The molecule has 6 aromatic rings. The van der Waals surface area contributed by atoms with Crippen LogP contribution in [0.5, 0.6) is 0 Å². The Kier molecular flexibility index (Phi) is 5.69. The number of nitrogens with zero attached hydrogens (tertiary/aromatic N) is 3. The van der Waals surface area contributed by atoms with E-state index < -0.39 is 11.4 Å². The Hall–Kier alpha value is -4.53. The van der Waals surface area contributed by atoms with Gasteiger partial charge < -0.3 is 15.8 Å². The highest BCUT2D eigenvalue weighted by molar-refractivity contribution is 6.00. The number of H-pyrrole nitrogens is 1. The van der Waals surface area contributed by atoms with Gasteiger partial charge >= 0.3 is 0 Å². The quantitative estimate of drug-likeness (QED) is 0.263. The van der Waals surface area contributed by atoms with Crippen LogP contribution in [0.3, 0.4) is 0 Å². The van der Waals surface area contributed by atoms with E-state index in [0.717, 1.165) is 57.3 Å². The van der Waals surface area contributed by atoms with Crippen molar-refractivity contribution in [1.29, 1.82) is 0 Å². The summed E-state index contributed by atoms with van der Waals surface area (Å²) in [5.74, 6) is -0.122. The molecule has 0 radical (unpaired) electrons. The average molecular weight is 534 g/mol. The third kappa shape index (κ3) is 3.87. The number of hydrogen-bond acceptors (Lipinski definition) is 4. The van der Waals surface area contributed by atoms with Gasteiger partial charge in [0.25, 0.3) is 5.56 Å². The maximum absolute atomic E-state index is 15.2. The summed E-state index contributed by atoms with van der Waals surface area (Å²) in [5.41, 5.74) is 13.0. The number of aryl methyl sites for hydroxylation is 1. The fourth-order valence-corrected chi connectivity index (χ4v) is 5.81. The highest BCUT2D eigenvalue weighted by atomic mass is 19.1. The molecule has 3 aromatic carbocycles. The van der Waals surface area contributed by atoms with Crippen LogP contribution in [0.2, 0.25) is 0 Å². The van der Waals surface area contributed by atoms with Crippen molar-refractivity contribution in [2.24, 2.45) is 12.8 Å². The van der Waals surface area contributed by atoms with E-state index in [1.165, 1.54) is 10.6 Å². The number of halogens is 1. The number of fused-ring (bicyclic) bond motifs is 2. The van der Waals surface area contributed by atoms with E-state index in [9.17, 15) is 9.90 Å². The van der Waals surface area contributed by atoms with Crippen LogP contribution in [0.25, 0.3) is 49.7 Å². The molecule has 3 heterocycles. The van der Waals surface area contributed by atoms with Crippen molar-refractivity contribution in [3.05, 3.63) is 106 Å². The molecule has 8 heteroatoms. The second kappa shape index (κ2) is 9.29. The molecule has 4 N–H and O–H groups in total. The second-order valence-electron chi connectivity index (χ2n) is 10.5. The molecule has 1 saturated carbocycles. The Labute approximate surface area is 229 Å². The van der Waals surface area contributed by atoms with Crippen molar-refractivity contribution in [1.82, 2.24) is 19.3 Å². The largest absolute Gasteiger partial charge is 0.392 e. The smallest absolute Gasteiger partial charge is 0.265 e. The van der Waals surface area contributed by atoms with Gasteiger partial charge in [0.05, 0.1) is 29.4 Å². The summed E-state index contributed by atoms with van der Waals surface area (Å²) in [7, 11) is 1.87. The van der Waals surface area contributed by atoms with Crippen molar-refractivity contribution in [3.63, 3.8) is 0 Å². The molecule has 0 aliphatic heterocycles. The number of pyridine rings is 1. The minimum absolute atomic E-state index is 0.0580. The third-order valence-electron chi connectivity index (χ3n) is 8.00. The predicted molar refractivity (Wildman–Crippen MR) is 155 cm³/mol. The number of rotatable bonds is 6. The molecule has 7 nitrogen and oxygen atoms in total. The van der Waals surface area contributed by atoms with Crippen molar-refractivity contribution >= 4 is 21.7 Å². The van der Waals surface area contributed by atoms with Crippen molar-refractivity contribution < 1.29 is 9.50 Å². The summed E-state index contributed by atoms with van der Waals surface area (Å²) in [6.07, 6.45) is 7.51. The van der Waals surface area contributed by atoms with Gasteiger partial charge in [0.2, 0.25) is 0 Å². The van der Waals surface area contributed by atoms with Crippen molar-refractivity contribution in [2.75, 3.05) is 0 Å². The molecule has 1 fully saturated rings. The second-order valence-corrected chi connectivity index (χ2v) is 10.5. The standard InChI is InChI=1S/C32H28FN5O2/c1-37-16-22(15-35-37)28-13-25-24(8-7-20(14-34)31(25)36-28)23-3-2-4-29(26(23)17-39)38-10-9-19-11-21(18-5-6-18)12-27(33)30(19)32(38)40/h2-4,7-13,15-16,18,36,39H,5-6,14,17,34H2,1H3. The molecule has 3 aromatic heterocycles. The van der Waals surface area contributed by atoms with Crippen LogP contribution in [0, 0.1) is 5.82 Å². The number of benzene rings is 3. The number of aromatic amines is 1. The molecule has 0 amide bonds. The molecule has 0 atom stereocenters. The molecule has 0 bridgehead atoms. The summed E-state index contributed by atoms with van der Waals surface area (Å²) in [4.78, 5) is 17.1. The zero-order valence-corrected chi connectivity index (χ0v) is 22.0. The van der Waals surface area contributed by atoms with Crippen LogP contribution >= 0.6 is 0 Å². The summed E-state index contributed by atoms with van der Waals surface area (Å²) in [6.45, 7) is 0.0519. The fourth-order valence-electron chi connectivity index (χ4n) is 5.81. The summed E-state index contributed by atoms with van der Waals surface area (Å²) in [5, 5.41) is 16.5. The number of aliphatic hydroxyl groups excluding tert-OH is 1. The third-order valence-corrected chi connectivity index (χ3v) is 8.00. The van der Waals surface area contributed by atoms with Crippen LogP contribution in [-0.4, -0.2) is 24.4 Å². The van der Waals surface area contributed by atoms with Crippen LogP contribution < -0.4 is 11.3 Å². The van der Waals surface area contributed by atoms with E-state index in [0.29, 0.717) is 29.1 Å². The molecule has 200 valence electrons. The monoisotopic (exact) mass is 533 g/mol. The van der Waals surface area contributed by atoms with Gasteiger partial charge in [-0.2, -0.15) is 5.10 Å². The molecular formula is C32H28FN5O2. The number of hydrogen-bond donors (Lipinski definition) is 3. The van der Waals surface area contributed by atoms with E-state index >= 15 is 4.39 Å². The minimum Gasteiger partial charge on any atom is -0.392 e. The number of aliphatic hydroxyl groups is 1. The summed E-state index contributed by atoms with van der Waals surface area (Å²) >= 11 is 0. The molecule has 7 rings (SSSR count). The van der Waals surface area contributed by atoms with E-state index in [2.05, 4.69) is 16.1 Å². The first-order chi connectivity index (χ1) is 19.5. The Morgan fingerprint density at radius 3 is 2.70 bits per heavy atom. The lowest BCUT2D eigenvalue weighted by molar-refractivity contribution is 0.282. The lowest BCUT2D eigenvalue weighted by Crippen LogP contribution is -2.20. The van der Waals surface area contributed by atoms with Gasteiger partial charge in [0.1, 0.15) is 5.82 Å². The SMILES string of the molecule is Cn1cc(-c2cc3c(-c4cccc(-n5ccc6cc(C7CC7)cc(F)c6c5=O)c4CO)ccc(CN)c3[nH]2)cn1. The predicted octanol–water partition coefficient (Wildman–Crippen LogP) is 5.51. The Bertz CT molecular complexity index is 2000. The first-order valence-corrected chi connectivity index (χ1v) is 13.4. The first-order valence-electron chi connectivity index (χ1n) is 13.4. The highest BCUT2D eigenvalue weighted by Gasteiger charge is 2.25. The molecule has 1 aliphatic rings. The zero-order valence-electron chi connectivity index (χ0n) is 22.0. The van der Waals surface area contributed by atoms with Crippen LogP contribution in [-0.2, 0) is 20.2 Å². The van der Waals surface area contributed by atoms with Gasteiger partial charge in [-0.1, -0.05) is 30.3 Å². The zero-order chi connectivity index (χ0) is 27.5. The molecule has 1 aliphatic carbocycles. The molecular weight excluding hydrogens is 505 g/mol. The van der Waals surface area contributed by atoms with Gasteiger partial charge in [-0.05, 0) is 70.7 Å². The first kappa shape index (κ1) is 24.5. The maximum atomic E-state index is 15.2. The topological polar surface area (TPSA) is 102 Å². The van der Waals surface area contributed by atoms with Crippen LogP contribution in [0.1, 0.15) is 35.4 Å². The van der Waals surface area contributed by atoms with E-state index in [1.54, 1.807) is 29.2 Å². The van der Waals surface area contributed by atoms with Gasteiger partial charge in [-0.25, -0.2) is 4.39 Å². The van der Waals surface area contributed by atoms with Gasteiger partial charge in [0, 0.05) is 48.2 Å². The normalized spacial score (nSPS) is 13.5. The lowest BCUT2D eigenvalue weighted by Gasteiger charge is -2.17. The van der Waals surface area contributed by atoms with E-state index in [1.807, 2.05) is 43.6 Å². The number of aromatic nitrogens is 4. The number of nitrogens with one attached hydrogen (secondary N) is 1. The van der Waals surface area contributed by atoms with Crippen molar-refractivity contribution in [3.8, 4) is 28.1 Å².